The summed E-state index contributed by atoms with van der Waals surface area (Å²) in [6.45, 7) is 4.53. The molecule has 0 N–H and O–H groups in total. The minimum atomic E-state index is -0.110. The van der Waals surface area contributed by atoms with Gasteiger partial charge in [-0.15, -0.1) is 0 Å². The number of Topliss-reactive ketones (excluding diaryl/α,β-unsaturated/α-hetero) is 2. The Morgan fingerprint density at radius 2 is 1.41 bits per heavy atom. The summed E-state index contributed by atoms with van der Waals surface area (Å²) in [6.07, 6.45) is 17.8. The van der Waals surface area contributed by atoms with Crippen molar-refractivity contribution >= 4 is 28.9 Å². The smallest absolute Gasteiger partial charge is 0.133 e. The van der Waals surface area contributed by atoms with Gasteiger partial charge in [0.05, 0.1) is 5.16 Å². The summed E-state index contributed by atoms with van der Waals surface area (Å²) in [7, 11) is 0. The summed E-state index contributed by atoms with van der Waals surface area (Å²) in [5, 5.41) is 2.35. The Morgan fingerprint density at radius 1 is 0.852 bits per heavy atom. The number of thiocarbonyl (C=S) groups is 1. The summed E-state index contributed by atoms with van der Waals surface area (Å²) in [5.41, 5.74) is 0. The number of nitrogens with zero attached hydrogens (tertiary/aromatic N) is 1. The van der Waals surface area contributed by atoms with Crippen LogP contribution in [0.3, 0.4) is 0 Å². The molecule has 0 fully saturated rings. The van der Waals surface area contributed by atoms with Crippen molar-refractivity contribution in [2.24, 2.45) is 10.9 Å². The lowest BCUT2D eigenvalue weighted by Gasteiger charge is -2.12. The largest absolute Gasteiger partial charge is 0.300 e. The molecule has 3 nitrogen and oxygen atoms in total. The highest BCUT2D eigenvalue weighted by Crippen LogP contribution is 2.17. The molecule has 1 atom stereocenters. The molecule has 0 saturated carbocycles. The van der Waals surface area contributed by atoms with Crippen LogP contribution in [0.1, 0.15) is 117 Å². The highest BCUT2D eigenvalue weighted by molar-refractivity contribution is 7.78. The molecular formula is C23H41NO2S. The van der Waals surface area contributed by atoms with Crippen molar-refractivity contribution < 1.29 is 9.59 Å². The van der Waals surface area contributed by atoms with Crippen molar-refractivity contribution in [1.82, 2.24) is 0 Å². The maximum atomic E-state index is 12.2. The van der Waals surface area contributed by atoms with Crippen LogP contribution in [0.4, 0.5) is 0 Å². The second kappa shape index (κ2) is 19.9. The predicted octanol–water partition coefficient (Wildman–Crippen LogP) is 7.13. The van der Waals surface area contributed by atoms with Crippen LogP contribution in [0.2, 0.25) is 0 Å². The lowest BCUT2D eigenvalue weighted by atomic mass is 9.91. The number of hydrogen-bond donors (Lipinski definition) is 0. The van der Waals surface area contributed by atoms with Crippen LogP contribution in [-0.2, 0) is 9.59 Å². The number of carbonyl (C=O) groups is 2. The maximum absolute atomic E-state index is 12.2. The molecule has 0 aliphatic rings. The molecule has 0 aromatic heterocycles. The molecule has 0 spiro atoms. The second-order valence-electron chi connectivity index (χ2n) is 7.80. The summed E-state index contributed by atoms with van der Waals surface area (Å²) in [4.78, 5) is 27.8. The molecule has 0 radical (unpaired) electrons. The Balaban J connectivity index is 3.63. The van der Waals surface area contributed by atoms with E-state index in [0.717, 1.165) is 32.1 Å². The Morgan fingerprint density at radius 3 is 1.93 bits per heavy atom. The zero-order valence-corrected chi connectivity index (χ0v) is 18.6. The average molecular weight is 396 g/mol. The minimum Gasteiger partial charge on any atom is -0.300 e. The van der Waals surface area contributed by atoms with Crippen molar-refractivity contribution in [3.8, 4) is 0 Å². The molecule has 0 amide bonds. The van der Waals surface area contributed by atoms with E-state index in [4.69, 9.17) is 0 Å². The van der Waals surface area contributed by atoms with Crippen LogP contribution < -0.4 is 0 Å². The van der Waals surface area contributed by atoms with E-state index in [9.17, 15) is 9.59 Å². The molecular weight excluding hydrogens is 354 g/mol. The van der Waals surface area contributed by atoms with Crippen molar-refractivity contribution in [1.29, 1.82) is 0 Å². The molecule has 4 heteroatoms. The van der Waals surface area contributed by atoms with E-state index < -0.39 is 0 Å². The first kappa shape index (κ1) is 26.1. The Kier molecular flexibility index (Phi) is 19.3. The van der Waals surface area contributed by atoms with Gasteiger partial charge in [0.2, 0.25) is 0 Å². The first-order valence-corrected chi connectivity index (χ1v) is 11.6. The molecule has 0 aromatic carbocycles. The third-order valence-electron chi connectivity index (χ3n) is 5.25. The number of isothiocyanates is 1. The van der Waals surface area contributed by atoms with Gasteiger partial charge in [-0.2, -0.15) is 0 Å². The normalized spacial score (nSPS) is 11.8. The van der Waals surface area contributed by atoms with Crippen LogP contribution in [0, 0.1) is 5.92 Å². The summed E-state index contributed by atoms with van der Waals surface area (Å²) in [5.74, 6) is 0.283. The van der Waals surface area contributed by atoms with E-state index in [1.165, 1.54) is 57.8 Å². The fourth-order valence-electron chi connectivity index (χ4n) is 3.44. The molecule has 0 saturated heterocycles. The van der Waals surface area contributed by atoms with Gasteiger partial charge in [0.1, 0.15) is 11.6 Å². The third kappa shape index (κ3) is 18.3. The molecule has 156 valence electrons. The summed E-state index contributed by atoms with van der Waals surface area (Å²) < 4.78 is 0. The molecule has 0 heterocycles. The van der Waals surface area contributed by atoms with E-state index in [0.29, 0.717) is 19.4 Å². The van der Waals surface area contributed by atoms with Gasteiger partial charge in [-0.25, -0.2) is 4.99 Å². The molecule has 0 rings (SSSR count). The molecule has 0 bridgehead atoms. The summed E-state index contributed by atoms with van der Waals surface area (Å²) in [6, 6.07) is 0. The van der Waals surface area contributed by atoms with Crippen LogP contribution in [0.5, 0.6) is 0 Å². The molecule has 0 aliphatic carbocycles. The first-order valence-electron chi connectivity index (χ1n) is 11.2. The highest BCUT2D eigenvalue weighted by Gasteiger charge is 2.17. The van der Waals surface area contributed by atoms with Crippen molar-refractivity contribution in [2.75, 3.05) is 6.54 Å². The Labute approximate surface area is 172 Å². The molecule has 0 aromatic rings. The molecule has 0 aliphatic heterocycles. The van der Waals surface area contributed by atoms with E-state index in [1.807, 2.05) is 0 Å². The fraction of sp³-hybridized carbons (Fsp3) is 0.870. The molecule has 1 unspecified atom stereocenters. The Hall–Kier alpha value is -0.860. The number of unbranched alkanes of at least 4 members (excludes halogenated alkanes) is 11. The van der Waals surface area contributed by atoms with E-state index in [1.54, 1.807) is 6.92 Å². The van der Waals surface area contributed by atoms with Crippen LogP contribution in [-0.4, -0.2) is 23.3 Å². The van der Waals surface area contributed by atoms with Crippen LogP contribution in [0.15, 0.2) is 4.99 Å². The zero-order valence-electron chi connectivity index (χ0n) is 17.8. The lowest BCUT2D eigenvalue weighted by molar-refractivity contribution is -0.127. The van der Waals surface area contributed by atoms with Gasteiger partial charge in [-0.3, -0.25) is 9.59 Å². The van der Waals surface area contributed by atoms with Crippen molar-refractivity contribution in [3.63, 3.8) is 0 Å². The molecule has 27 heavy (non-hydrogen) atoms. The van der Waals surface area contributed by atoms with E-state index >= 15 is 0 Å². The van der Waals surface area contributed by atoms with Gasteiger partial charge in [0.25, 0.3) is 0 Å². The van der Waals surface area contributed by atoms with Crippen LogP contribution >= 0.6 is 12.2 Å². The zero-order chi connectivity index (χ0) is 20.2. The van der Waals surface area contributed by atoms with Crippen molar-refractivity contribution in [2.45, 2.75) is 117 Å². The number of ketones is 2. The number of hydrogen-bond acceptors (Lipinski definition) is 4. The quantitative estimate of drug-likeness (QED) is 0.125. The lowest BCUT2D eigenvalue weighted by Crippen LogP contribution is -2.16. The monoisotopic (exact) mass is 395 g/mol. The average Bonchev–Trinajstić information content (AvgIpc) is 2.64. The fourth-order valence-corrected chi connectivity index (χ4v) is 3.53. The van der Waals surface area contributed by atoms with E-state index in [-0.39, 0.29) is 17.5 Å². The standard InChI is InChI=1S/C23H41NO2S/c1-3-4-5-6-7-8-9-10-11-12-13-17-23(26)19-22(21(2)25)16-14-15-18-24-20-27/h22H,3-19H2,1-2H3. The van der Waals surface area contributed by atoms with Crippen LogP contribution in [0.25, 0.3) is 0 Å². The van der Waals surface area contributed by atoms with Gasteiger partial charge in [-0.1, -0.05) is 77.6 Å². The summed E-state index contributed by atoms with van der Waals surface area (Å²) >= 11 is 4.54. The third-order valence-corrected chi connectivity index (χ3v) is 5.37. The van der Waals surface area contributed by atoms with Gasteiger partial charge in [0.15, 0.2) is 0 Å². The number of aliphatic imine (C=N–C) groups is 1. The van der Waals surface area contributed by atoms with Gasteiger partial charge >= 0.3 is 0 Å². The van der Waals surface area contributed by atoms with Crippen molar-refractivity contribution in [3.05, 3.63) is 0 Å². The number of carbonyl (C=O) groups excluding carboxylic acids is 2. The maximum Gasteiger partial charge on any atom is 0.133 e. The van der Waals surface area contributed by atoms with Gasteiger partial charge in [-0.05, 0) is 38.4 Å². The highest BCUT2D eigenvalue weighted by atomic mass is 32.1. The minimum absolute atomic E-state index is 0.110. The predicted molar refractivity (Wildman–Crippen MR) is 119 cm³/mol. The van der Waals surface area contributed by atoms with Gasteiger partial charge in [0, 0.05) is 25.3 Å². The van der Waals surface area contributed by atoms with E-state index in [2.05, 4.69) is 29.3 Å². The Bertz CT molecular complexity index is 430. The van der Waals surface area contributed by atoms with Gasteiger partial charge < -0.3 is 0 Å². The second-order valence-corrected chi connectivity index (χ2v) is 7.99. The number of rotatable bonds is 20. The topological polar surface area (TPSA) is 46.5 Å². The SMILES string of the molecule is CCCCCCCCCCCCCC(=O)CC(CCCCN=C=S)C(C)=O. The first-order chi connectivity index (χ1) is 13.1.